The summed E-state index contributed by atoms with van der Waals surface area (Å²) in [4.78, 5) is 1.96. The summed E-state index contributed by atoms with van der Waals surface area (Å²) in [5.41, 5.74) is 2.86. The van der Waals surface area contributed by atoms with Crippen molar-refractivity contribution in [1.29, 1.82) is 0 Å². The average molecular weight is 290 g/mol. The number of rotatable bonds is 3. The van der Waals surface area contributed by atoms with Gasteiger partial charge in [-0.15, -0.1) is 5.10 Å². The lowest BCUT2D eigenvalue weighted by Gasteiger charge is -2.48. The predicted octanol–water partition coefficient (Wildman–Crippen LogP) is 1.75. The van der Waals surface area contributed by atoms with E-state index in [-0.39, 0.29) is 17.8 Å². The molecule has 3 rings (SSSR count). The topological polar surface area (TPSA) is 54.2 Å². The Balaban J connectivity index is 1.91. The van der Waals surface area contributed by atoms with Gasteiger partial charge in [0.1, 0.15) is 11.5 Å². The molecule has 1 aromatic carbocycles. The second kappa shape index (κ2) is 4.80. The molecule has 0 amide bonds. The fourth-order valence-corrected chi connectivity index (χ4v) is 2.80. The zero-order valence-electron chi connectivity index (χ0n) is 12.5. The maximum absolute atomic E-state index is 14.4. The maximum atomic E-state index is 14.4. The number of aryl methyl sites for hydroxylation is 2. The fraction of sp³-hybridized carbons (Fsp3) is 0.467. The standard InChI is InChI=1S/C15H19FN4O/c1-10-4-14(20-7-15(2,8-20)9-21)12(16)5-11(10)13-6-19(3)18-17-13/h4-6,21H,7-9H2,1-3H3. The van der Waals surface area contributed by atoms with Crippen LogP contribution in [0.4, 0.5) is 10.1 Å². The smallest absolute Gasteiger partial charge is 0.147 e. The highest BCUT2D eigenvalue weighted by Crippen LogP contribution is 2.37. The Morgan fingerprint density at radius 3 is 2.67 bits per heavy atom. The van der Waals surface area contributed by atoms with Gasteiger partial charge in [0.2, 0.25) is 0 Å². The van der Waals surface area contributed by atoms with Crippen LogP contribution in [0.25, 0.3) is 11.3 Å². The summed E-state index contributed by atoms with van der Waals surface area (Å²) in [5, 5.41) is 17.2. The van der Waals surface area contributed by atoms with Crippen molar-refractivity contribution in [3.8, 4) is 11.3 Å². The van der Waals surface area contributed by atoms with Crippen molar-refractivity contribution < 1.29 is 9.50 Å². The van der Waals surface area contributed by atoms with E-state index < -0.39 is 0 Å². The monoisotopic (exact) mass is 290 g/mol. The number of aliphatic hydroxyl groups is 1. The third kappa shape index (κ3) is 2.40. The van der Waals surface area contributed by atoms with Gasteiger partial charge in [0.15, 0.2) is 0 Å². The normalized spacial score (nSPS) is 16.9. The Kier molecular flexibility index (Phi) is 3.20. The lowest BCUT2D eigenvalue weighted by Crippen LogP contribution is -2.57. The number of nitrogens with zero attached hydrogens (tertiary/aromatic N) is 4. The van der Waals surface area contributed by atoms with Gasteiger partial charge in [-0.05, 0) is 24.6 Å². The molecule has 0 radical (unpaired) electrons. The molecule has 1 aromatic heterocycles. The first-order valence-corrected chi connectivity index (χ1v) is 6.94. The minimum Gasteiger partial charge on any atom is -0.396 e. The zero-order valence-corrected chi connectivity index (χ0v) is 12.5. The molecule has 6 heteroatoms. The summed E-state index contributed by atoms with van der Waals surface area (Å²) in [6.45, 7) is 5.41. The van der Waals surface area contributed by atoms with Gasteiger partial charge in [-0.25, -0.2) is 4.39 Å². The van der Waals surface area contributed by atoms with Crippen molar-refractivity contribution in [1.82, 2.24) is 15.0 Å². The molecule has 1 aliphatic rings. The molecule has 1 saturated heterocycles. The molecule has 112 valence electrons. The second-order valence-electron chi connectivity index (χ2n) is 6.22. The van der Waals surface area contributed by atoms with Crippen LogP contribution in [0.15, 0.2) is 18.3 Å². The third-order valence-electron chi connectivity index (χ3n) is 4.04. The first-order chi connectivity index (χ1) is 9.92. The van der Waals surface area contributed by atoms with E-state index in [1.54, 1.807) is 17.9 Å². The number of anilines is 1. The van der Waals surface area contributed by atoms with Gasteiger partial charge < -0.3 is 10.0 Å². The SMILES string of the molecule is Cc1cc(N2CC(C)(CO)C2)c(F)cc1-c1cn(C)nn1. The van der Waals surface area contributed by atoms with E-state index in [1.165, 1.54) is 6.07 Å². The van der Waals surface area contributed by atoms with Crippen LogP contribution in [-0.4, -0.2) is 39.8 Å². The molecular weight excluding hydrogens is 271 g/mol. The lowest BCUT2D eigenvalue weighted by atomic mass is 9.82. The molecule has 1 N–H and O–H groups in total. The quantitative estimate of drug-likeness (QED) is 0.935. The summed E-state index contributed by atoms with van der Waals surface area (Å²) < 4.78 is 16.0. The first-order valence-electron chi connectivity index (χ1n) is 6.94. The average Bonchev–Trinajstić information content (AvgIpc) is 2.84. The van der Waals surface area contributed by atoms with Crippen LogP contribution in [0, 0.1) is 18.2 Å². The number of halogens is 1. The van der Waals surface area contributed by atoms with Crippen LogP contribution >= 0.6 is 0 Å². The molecular formula is C15H19FN4O. The molecule has 1 fully saturated rings. The van der Waals surface area contributed by atoms with Gasteiger partial charge in [-0.3, -0.25) is 4.68 Å². The van der Waals surface area contributed by atoms with Gasteiger partial charge in [0.05, 0.1) is 18.5 Å². The highest BCUT2D eigenvalue weighted by atomic mass is 19.1. The summed E-state index contributed by atoms with van der Waals surface area (Å²) >= 11 is 0. The van der Waals surface area contributed by atoms with E-state index >= 15 is 0 Å². The van der Waals surface area contributed by atoms with Gasteiger partial charge >= 0.3 is 0 Å². The van der Waals surface area contributed by atoms with Crippen molar-refractivity contribution >= 4 is 5.69 Å². The molecule has 0 spiro atoms. The molecule has 0 aliphatic carbocycles. The summed E-state index contributed by atoms with van der Waals surface area (Å²) in [6, 6.07) is 3.36. The molecule has 21 heavy (non-hydrogen) atoms. The number of benzene rings is 1. The van der Waals surface area contributed by atoms with Crippen LogP contribution in [-0.2, 0) is 7.05 Å². The van der Waals surface area contributed by atoms with E-state index in [1.807, 2.05) is 24.8 Å². The van der Waals surface area contributed by atoms with Gasteiger partial charge in [0.25, 0.3) is 0 Å². The fourth-order valence-electron chi connectivity index (χ4n) is 2.80. The minimum absolute atomic E-state index is 0.121. The Hall–Kier alpha value is -1.95. The van der Waals surface area contributed by atoms with Crippen LogP contribution < -0.4 is 4.90 Å². The Labute approximate surface area is 123 Å². The number of aliphatic hydroxyl groups excluding tert-OH is 1. The van der Waals surface area contributed by atoms with E-state index in [9.17, 15) is 9.50 Å². The van der Waals surface area contributed by atoms with Crippen molar-refractivity contribution in [3.63, 3.8) is 0 Å². The molecule has 0 saturated carbocycles. The van der Waals surface area contributed by atoms with Crippen molar-refractivity contribution in [2.24, 2.45) is 12.5 Å². The van der Waals surface area contributed by atoms with Crippen molar-refractivity contribution in [2.45, 2.75) is 13.8 Å². The molecule has 5 nitrogen and oxygen atoms in total. The highest BCUT2D eigenvalue weighted by Gasteiger charge is 2.39. The summed E-state index contributed by atoms with van der Waals surface area (Å²) in [6.07, 6.45) is 1.77. The summed E-state index contributed by atoms with van der Waals surface area (Å²) in [7, 11) is 1.78. The number of hydrogen-bond acceptors (Lipinski definition) is 4. The first kappa shape index (κ1) is 14.0. The van der Waals surface area contributed by atoms with Crippen LogP contribution in [0.1, 0.15) is 12.5 Å². The molecule has 0 bridgehead atoms. The second-order valence-corrected chi connectivity index (χ2v) is 6.22. The molecule has 2 heterocycles. The van der Waals surface area contributed by atoms with E-state index in [2.05, 4.69) is 10.3 Å². The Bertz CT molecular complexity index is 676. The minimum atomic E-state index is -0.263. The highest BCUT2D eigenvalue weighted by molar-refractivity contribution is 5.68. The van der Waals surface area contributed by atoms with Crippen LogP contribution in [0.3, 0.4) is 0 Å². The van der Waals surface area contributed by atoms with Crippen molar-refractivity contribution in [2.75, 3.05) is 24.6 Å². The number of hydrogen-bond donors (Lipinski definition) is 1. The Morgan fingerprint density at radius 1 is 1.38 bits per heavy atom. The number of aromatic nitrogens is 3. The van der Waals surface area contributed by atoms with E-state index in [0.717, 1.165) is 11.1 Å². The largest absolute Gasteiger partial charge is 0.396 e. The van der Waals surface area contributed by atoms with E-state index in [0.29, 0.717) is 24.5 Å². The lowest BCUT2D eigenvalue weighted by molar-refractivity contribution is 0.110. The van der Waals surface area contributed by atoms with Gasteiger partial charge in [-0.1, -0.05) is 12.1 Å². The summed E-state index contributed by atoms with van der Waals surface area (Å²) in [5.74, 6) is -0.263. The third-order valence-corrected chi connectivity index (χ3v) is 4.04. The van der Waals surface area contributed by atoms with E-state index in [4.69, 9.17) is 0 Å². The van der Waals surface area contributed by atoms with Crippen molar-refractivity contribution in [3.05, 3.63) is 29.7 Å². The van der Waals surface area contributed by atoms with Gasteiger partial charge in [-0.2, -0.15) is 0 Å². The molecule has 0 unspecified atom stereocenters. The van der Waals surface area contributed by atoms with Crippen LogP contribution in [0.2, 0.25) is 0 Å². The molecule has 0 atom stereocenters. The van der Waals surface area contributed by atoms with Gasteiger partial charge in [0, 0.05) is 31.1 Å². The molecule has 2 aromatic rings. The molecule has 1 aliphatic heterocycles. The predicted molar refractivity (Wildman–Crippen MR) is 78.5 cm³/mol. The zero-order chi connectivity index (χ0) is 15.2. The maximum Gasteiger partial charge on any atom is 0.147 e. The Morgan fingerprint density at radius 2 is 2.10 bits per heavy atom. The van der Waals surface area contributed by atoms with Crippen LogP contribution in [0.5, 0.6) is 0 Å².